The van der Waals surface area contributed by atoms with Gasteiger partial charge in [-0.05, 0) is 51.4 Å². The molecule has 1 heteroatoms. The molecule has 0 aromatic heterocycles. The fraction of sp³-hybridized carbons (Fsp3) is 0.920. The lowest BCUT2D eigenvalue weighted by molar-refractivity contribution is 0.334. The van der Waals surface area contributed by atoms with Gasteiger partial charge in [-0.1, -0.05) is 79.1 Å². The van der Waals surface area contributed by atoms with Crippen LogP contribution in [0.4, 0.5) is 0 Å². The molecule has 0 aliphatic carbocycles. The van der Waals surface area contributed by atoms with Gasteiger partial charge in [0.1, 0.15) is 0 Å². The molecule has 0 aromatic carbocycles. The van der Waals surface area contributed by atoms with Gasteiger partial charge in [-0.25, -0.2) is 0 Å². The first kappa shape index (κ1) is 25.5. The van der Waals surface area contributed by atoms with Crippen molar-refractivity contribution in [3.05, 3.63) is 0 Å². The number of hydrogen-bond donors (Lipinski definition) is 1. The van der Waals surface area contributed by atoms with Gasteiger partial charge in [0.15, 0.2) is 0 Å². The maximum absolute atomic E-state index is 3.87. The number of hydrogen-bond acceptors (Lipinski definition) is 1. The van der Waals surface area contributed by atoms with Crippen molar-refractivity contribution in [3.63, 3.8) is 0 Å². The molecule has 0 saturated heterocycles. The van der Waals surface area contributed by atoms with Gasteiger partial charge < -0.3 is 5.32 Å². The summed E-state index contributed by atoms with van der Waals surface area (Å²) in [5.41, 5.74) is 0. The molecular formula is C25H49N. The molecule has 0 radical (unpaired) electrons. The van der Waals surface area contributed by atoms with Crippen LogP contribution >= 0.6 is 0 Å². The Morgan fingerprint density at radius 1 is 0.769 bits per heavy atom. The quantitative estimate of drug-likeness (QED) is 0.218. The average Bonchev–Trinajstić information content (AvgIpc) is 2.63. The van der Waals surface area contributed by atoms with Crippen LogP contribution in [0.5, 0.6) is 0 Å². The maximum atomic E-state index is 3.87. The Bertz CT molecular complexity index is 351. The molecule has 0 heterocycles. The molecule has 26 heavy (non-hydrogen) atoms. The van der Waals surface area contributed by atoms with Crippen molar-refractivity contribution in [1.29, 1.82) is 0 Å². The van der Waals surface area contributed by atoms with Gasteiger partial charge in [0.2, 0.25) is 0 Å². The molecule has 0 rings (SSSR count). The first-order valence-electron chi connectivity index (χ1n) is 11.8. The van der Waals surface area contributed by atoms with Crippen molar-refractivity contribution in [3.8, 4) is 11.8 Å². The van der Waals surface area contributed by atoms with E-state index in [-0.39, 0.29) is 0 Å². The monoisotopic (exact) mass is 363 g/mol. The van der Waals surface area contributed by atoms with E-state index in [0.29, 0.717) is 18.0 Å². The number of unbranched alkanes of at least 4 members (excludes halogenated alkanes) is 3. The van der Waals surface area contributed by atoms with E-state index in [2.05, 4.69) is 58.7 Å². The highest BCUT2D eigenvalue weighted by Gasteiger charge is 2.14. The van der Waals surface area contributed by atoms with Gasteiger partial charge >= 0.3 is 0 Å². The van der Waals surface area contributed by atoms with Crippen molar-refractivity contribution in [2.45, 2.75) is 137 Å². The van der Waals surface area contributed by atoms with E-state index >= 15 is 0 Å². The molecule has 0 spiro atoms. The third-order valence-electron chi connectivity index (χ3n) is 5.59. The average molecular weight is 364 g/mol. The van der Waals surface area contributed by atoms with E-state index < -0.39 is 0 Å². The largest absolute Gasteiger partial charge is 0.312 e. The Kier molecular flexibility index (Phi) is 17.6. The minimum atomic E-state index is 0.641. The molecule has 0 aliphatic rings. The van der Waals surface area contributed by atoms with Crippen molar-refractivity contribution in [2.24, 2.45) is 11.8 Å². The Morgan fingerprint density at radius 2 is 1.50 bits per heavy atom. The van der Waals surface area contributed by atoms with E-state index in [4.69, 9.17) is 0 Å². The third-order valence-corrected chi connectivity index (χ3v) is 5.59. The van der Waals surface area contributed by atoms with Crippen molar-refractivity contribution in [2.75, 3.05) is 0 Å². The summed E-state index contributed by atoms with van der Waals surface area (Å²) in [5, 5.41) is 3.87. The zero-order valence-corrected chi connectivity index (χ0v) is 19.0. The van der Waals surface area contributed by atoms with E-state index in [9.17, 15) is 0 Å². The van der Waals surface area contributed by atoms with Crippen LogP contribution in [0.3, 0.4) is 0 Å². The second-order valence-corrected chi connectivity index (χ2v) is 8.50. The summed E-state index contributed by atoms with van der Waals surface area (Å²) < 4.78 is 0. The Balaban J connectivity index is 4.31. The number of rotatable bonds is 16. The van der Waals surface area contributed by atoms with Gasteiger partial charge in [-0.15, -0.1) is 5.92 Å². The van der Waals surface area contributed by atoms with Gasteiger partial charge in [-0.3, -0.25) is 0 Å². The van der Waals surface area contributed by atoms with Crippen LogP contribution in [0.25, 0.3) is 0 Å². The van der Waals surface area contributed by atoms with Crippen LogP contribution in [0.1, 0.15) is 125 Å². The summed E-state index contributed by atoms with van der Waals surface area (Å²) in [7, 11) is 0. The fourth-order valence-electron chi connectivity index (χ4n) is 3.66. The molecule has 154 valence electrons. The molecule has 0 amide bonds. The first-order chi connectivity index (χ1) is 12.6. The highest BCUT2D eigenvalue weighted by molar-refractivity contribution is 5.03. The highest BCUT2D eigenvalue weighted by atomic mass is 14.9. The van der Waals surface area contributed by atoms with Gasteiger partial charge in [0.05, 0.1) is 0 Å². The second-order valence-electron chi connectivity index (χ2n) is 8.50. The standard InChI is InChI=1S/C25H49N/c1-7-11-13-20-25(26-23(6)10-4)21-22(5)17-14-15-19-24(16-9-3)18-12-8-2/h22-26H,7-14,16-18,20-21H2,1-6H3. The van der Waals surface area contributed by atoms with E-state index in [0.717, 1.165) is 12.3 Å². The van der Waals surface area contributed by atoms with Crippen LogP contribution in [0.2, 0.25) is 0 Å². The first-order valence-corrected chi connectivity index (χ1v) is 11.8. The molecule has 4 atom stereocenters. The normalized spacial score (nSPS) is 15.8. The second kappa shape index (κ2) is 17.9. The number of nitrogens with one attached hydrogen (secondary N) is 1. The lowest BCUT2D eigenvalue weighted by Crippen LogP contribution is -2.37. The summed E-state index contributed by atoms with van der Waals surface area (Å²) in [6.07, 6.45) is 16.7. The Labute approximate surface area is 166 Å². The molecule has 0 fully saturated rings. The van der Waals surface area contributed by atoms with Gasteiger partial charge in [0, 0.05) is 24.4 Å². The summed E-state index contributed by atoms with van der Waals surface area (Å²) in [4.78, 5) is 0. The maximum Gasteiger partial charge on any atom is 0.0202 e. The van der Waals surface area contributed by atoms with Crippen molar-refractivity contribution in [1.82, 2.24) is 5.32 Å². The van der Waals surface area contributed by atoms with Crippen molar-refractivity contribution >= 4 is 0 Å². The zero-order valence-electron chi connectivity index (χ0n) is 19.0. The molecule has 0 bridgehead atoms. The Morgan fingerprint density at radius 3 is 2.12 bits per heavy atom. The minimum absolute atomic E-state index is 0.641. The third kappa shape index (κ3) is 14.7. The SMILES string of the molecule is CCCCCC(CC(C)CCC#CC(CCC)CCCC)NC(C)CC. The summed E-state index contributed by atoms with van der Waals surface area (Å²) in [6, 6.07) is 1.33. The minimum Gasteiger partial charge on any atom is -0.312 e. The molecule has 0 aromatic rings. The van der Waals surface area contributed by atoms with Crippen LogP contribution in [0.15, 0.2) is 0 Å². The molecule has 0 aliphatic heterocycles. The summed E-state index contributed by atoms with van der Waals surface area (Å²) >= 11 is 0. The van der Waals surface area contributed by atoms with E-state index in [1.807, 2.05) is 0 Å². The molecule has 0 saturated carbocycles. The molecule has 1 nitrogen and oxygen atoms in total. The van der Waals surface area contributed by atoms with Crippen LogP contribution in [-0.4, -0.2) is 12.1 Å². The molecule has 4 unspecified atom stereocenters. The predicted octanol–water partition coefficient (Wildman–Crippen LogP) is 7.74. The zero-order chi connectivity index (χ0) is 19.6. The lowest BCUT2D eigenvalue weighted by Gasteiger charge is -2.25. The van der Waals surface area contributed by atoms with Gasteiger partial charge in [-0.2, -0.15) is 0 Å². The summed E-state index contributed by atoms with van der Waals surface area (Å²) in [5.74, 6) is 8.51. The molecular weight excluding hydrogens is 314 g/mol. The molecule has 1 N–H and O–H groups in total. The van der Waals surface area contributed by atoms with Crippen LogP contribution < -0.4 is 5.32 Å². The van der Waals surface area contributed by atoms with Crippen molar-refractivity contribution < 1.29 is 0 Å². The lowest BCUT2D eigenvalue weighted by atomic mass is 9.92. The van der Waals surface area contributed by atoms with Crippen LogP contribution in [-0.2, 0) is 0 Å². The van der Waals surface area contributed by atoms with Crippen LogP contribution in [0, 0.1) is 23.7 Å². The fourth-order valence-corrected chi connectivity index (χ4v) is 3.66. The topological polar surface area (TPSA) is 12.0 Å². The van der Waals surface area contributed by atoms with E-state index in [1.54, 1.807) is 0 Å². The predicted molar refractivity (Wildman–Crippen MR) is 120 cm³/mol. The smallest absolute Gasteiger partial charge is 0.0202 e. The van der Waals surface area contributed by atoms with Gasteiger partial charge in [0.25, 0.3) is 0 Å². The Hall–Kier alpha value is -0.480. The summed E-state index contributed by atoms with van der Waals surface area (Å²) in [6.45, 7) is 13.9. The highest BCUT2D eigenvalue weighted by Crippen LogP contribution is 2.18. The van der Waals surface area contributed by atoms with E-state index in [1.165, 1.54) is 77.0 Å².